The van der Waals surface area contributed by atoms with E-state index in [-0.39, 0.29) is 6.10 Å². The molecule has 2 rings (SSSR count). The van der Waals surface area contributed by atoms with Crippen molar-refractivity contribution in [1.29, 1.82) is 0 Å². The molecule has 1 aromatic carbocycles. The first-order valence-corrected chi connectivity index (χ1v) is 5.30. The summed E-state index contributed by atoms with van der Waals surface area (Å²) >= 11 is 5.80. The van der Waals surface area contributed by atoms with Gasteiger partial charge in [-0.05, 0) is 17.7 Å². The van der Waals surface area contributed by atoms with Crippen LogP contribution < -0.4 is 5.73 Å². The van der Waals surface area contributed by atoms with Gasteiger partial charge in [0.25, 0.3) is 0 Å². The largest absolute Gasteiger partial charge is 0.474 e. The lowest BCUT2D eigenvalue weighted by atomic mass is 10.1. The number of benzene rings is 1. The van der Waals surface area contributed by atoms with Gasteiger partial charge >= 0.3 is 0 Å². The summed E-state index contributed by atoms with van der Waals surface area (Å²) < 4.78 is 5.54. The highest BCUT2D eigenvalue weighted by molar-refractivity contribution is 6.30. The molecule has 1 heterocycles. The number of hydrogen-bond donors (Lipinski definition) is 1. The van der Waals surface area contributed by atoms with Crippen molar-refractivity contribution in [2.24, 2.45) is 10.7 Å². The van der Waals surface area contributed by atoms with E-state index in [9.17, 15) is 0 Å². The van der Waals surface area contributed by atoms with Crippen molar-refractivity contribution >= 4 is 17.5 Å². The zero-order valence-electron chi connectivity index (χ0n) is 8.32. The number of hydrogen-bond acceptors (Lipinski definition) is 3. The maximum Gasteiger partial charge on any atom is 0.197 e. The third-order valence-electron chi connectivity index (χ3n) is 2.33. The van der Waals surface area contributed by atoms with Gasteiger partial charge in [0.2, 0.25) is 0 Å². The Kier molecular flexibility index (Phi) is 3.23. The molecule has 1 aliphatic heterocycles. The van der Waals surface area contributed by atoms with Gasteiger partial charge in [0.1, 0.15) is 6.10 Å². The smallest absolute Gasteiger partial charge is 0.197 e. The molecule has 0 spiro atoms. The van der Waals surface area contributed by atoms with Gasteiger partial charge in [-0.3, -0.25) is 4.99 Å². The molecule has 0 aliphatic carbocycles. The van der Waals surface area contributed by atoms with Crippen molar-refractivity contribution in [3.8, 4) is 0 Å². The van der Waals surface area contributed by atoms with Gasteiger partial charge in [0, 0.05) is 11.4 Å². The summed E-state index contributed by atoms with van der Waals surface area (Å²) in [7, 11) is 0. The average molecular weight is 225 g/mol. The highest BCUT2D eigenvalue weighted by Gasteiger charge is 2.18. The SMILES string of the molecule is NCC1=NCC(Cc2ccc(Cl)cc2)O1. The summed E-state index contributed by atoms with van der Waals surface area (Å²) in [5.41, 5.74) is 6.64. The number of aliphatic imine (C=N–C) groups is 1. The van der Waals surface area contributed by atoms with Gasteiger partial charge in [0.15, 0.2) is 5.90 Å². The molecule has 0 saturated carbocycles. The van der Waals surface area contributed by atoms with Crippen LogP contribution in [-0.4, -0.2) is 25.1 Å². The van der Waals surface area contributed by atoms with Crippen LogP contribution in [0.4, 0.5) is 0 Å². The van der Waals surface area contributed by atoms with Crippen LogP contribution in [0.2, 0.25) is 5.02 Å². The molecule has 0 fully saturated rings. The van der Waals surface area contributed by atoms with Crippen LogP contribution in [0, 0.1) is 0 Å². The molecular formula is C11H13ClN2O. The number of nitrogens with zero attached hydrogens (tertiary/aromatic N) is 1. The highest BCUT2D eigenvalue weighted by Crippen LogP contribution is 2.14. The van der Waals surface area contributed by atoms with Crippen molar-refractivity contribution in [3.05, 3.63) is 34.9 Å². The van der Waals surface area contributed by atoms with E-state index < -0.39 is 0 Å². The second-order valence-electron chi connectivity index (χ2n) is 3.51. The Bertz CT molecular complexity index is 361. The first-order chi connectivity index (χ1) is 7.28. The second kappa shape index (κ2) is 4.64. The van der Waals surface area contributed by atoms with Gasteiger partial charge < -0.3 is 10.5 Å². The molecule has 3 nitrogen and oxygen atoms in total. The Labute approximate surface area is 93.9 Å². The third kappa shape index (κ3) is 2.70. The van der Waals surface area contributed by atoms with E-state index in [4.69, 9.17) is 22.1 Å². The van der Waals surface area contributed by atoms with Gasteiger partial charge in [-0.15, -0.1) is 0 Å². The second-order valence-corrected chi connectivity index (χ2v) is 3.95. The summed E-state index contributed by atoms with van der Waals surface area (Å²) in [5.74, 6) is 0.661. The lowest BCUT2D eigenvalue weighted by Gasteiger charge is -2.10. The lowest BCUT2D eigenvalue weighted by molar-refractivity contribution is 0.221. The van der Waals surface area contributed by atoms with Crippen LogP contribution in [0.1, 0.15) is 5.56 Å². The predicted molar refractivity (Wildman–Crippen MR) is 61.4 cm³/mol. The van der Waals surface area contributed by atoms with E-state index in [1.165, 1.54) is 5.56 Å². The number of halogens is 1. The Morgan fingerprint density at radius 2 is 2.13 bits per heavy atom. The summed E-state index contributed by atoms with van der Waals surface area (Å²) in [6.07, 6.45) is 0.981. The van der Waals surface area contributed by atoms with Gasteiger partial charge in [-0.1, -0.05) is 23.7 Å². The molecule has 2 N–H and O–H groups in total. The first kappa shape index (κ1) is 10.5. The molecule has 0 amide bonds. The normalized spacial score (nSPS) is 19.9. The summed E-state index contributed by atoms with van der Waals surface area (Å²) in [6, 6.07) is 7.78. The van der Waals surface area contributed by atoms with E-state index >= 15 is 0 Å². The standard InChI is InChI=1S/C11H13ClN2O/c12-9-3-1-8(2-4-9)5-10-7-14-11(6-13)15-10/h1-4,10H,5-7,13H2. The summed E-state index contributed by atoms with van der Waals surface area (Å²) in [4.78, 5) is 4.19. The van der Waals surface area contributed by atoms with Crippen LogP contribution in [0.25, 0.3) is 0 Å². The Morgan fingerprint density at radius 1 is 1.40 bits per heavy atom. The summed E-state index contributed by atoms with van der Waals surface area (Å²) in [5, 5.41) is 0.755. The molecule has 15 heavy (non-hydrogen) atoms. The van der Waals surface area contributed by atoms with Gasteiger partial charge in [0.05, 0.1) is 13.1 Å². The maximum atomic E-state index is 5.80. The van der Waals surface area contributed by atoms with Gasteiger partial charge in [-0.2, -0.15) is 0 Å². The minimum absolute atomic E-state index is 0.129. The third-order valence-corrected chi connectivity index (χ3v) is 2.58. The number of ether oxygens (including phenoxy) is 1. The van der Waals surface area contributed by atoms with Crippen molar-refractivity contribution in [2.45, 2.75) is 12.5 Å². The van der Waals surface area contributed by atoms with Crippen LogP contribution in [-0.2, 0) is 11.2 Å². The minimum atomic E-state index is 0.129. The van der Waals surface area contributed by atoms with E-state index in [1.807, 2.05) is 24.3 Å². The molecule has 0 aromatic heterocycles. The monoisotopic (exact) mass is 224 g/mol. The molecule has 1 atom stereocenters. The first-order valence-electron chi connectivity index (χ1n) is 4.92. The molecule has 0 saturated heterocycles. The van der Waals surface area contributed by atoms with Gasteiger partial charge in [-0.25, -0.2) is 0 Å². The molecule has 1 aliphatic rings. The zero-order chi connectivity index (χ0) is 10.7. The zero-order valence-corrected chi connectivity index (χ0v) is 9.07. The quantitative estimate of drug-likeness (QED) is 0.849. The highest BCUT2D eigenvalue weighted by atomic mass is 35.5. The fourth-order valence-electron chi connectivity index (χ4n) is 1.57. The fourth-order valence-corrected chi connectivity index (χ4v) is 1.70. The van der Waals surface area contributed by atoms with Crippen molar-refractivity contribution in [3.63, 3.8) is 0 Å². The van der Waals surface area contributed by atoms with Crippen molar-refractivity contribution in [2.75, 3.05) is 13.1 Å². The van der Waals surface area contributed by atoms with E-state index in [0.717, 1.165) is 11.4 Å². The summed E-state index contributed by atoms with van der Waals surface area (Å²) in [6.45, 7) is 1.09. The predicted octanol–water partition coefficient (Wildman–Crippen LogP) is 1.64. The van der Waals surface area contributed by atoms with E-state index in [2.05, 4.69) is 4.99 Å². The number of rotatable bonds is 3. The van der Waals surface area contributed by atoms with Crippen LogP contribution in [0.5, 0.6) is 0 Å². The molecule has 1 aromatic rings. The van der Waals surface area contributed by atoms with Crippen molar-refractivity contribution in [1.82, 2.24) is 0 Å². The maximum absolute atomic E-state index is 5.80. The molecule has 4 heteroatoms. The van der Waals surface area contributed by atoms with E-state index in [0.29, 0.717) is 19.0 Å². The topological polar surface area (TPSA) is 47.6 Å². The van der Waals surface area contributed by atoms with Crippen LogP contribution in [0.15, 0.2) is 29.3 Å². The number of nitrogens with two attached hydrogens (primary N) is 1. The van der Waals surface area contributed by atoms with Crippen LogP contribution in [0.3, 0.4) is 0 Å². The van der Waals surface area contributed by atoms with E-state index in [1.54, 1.807) is 0 Å². The van der Waals surface area contributed by atoms with Crippen LogP contribution >= 0.6 is 11.6 Å². The Balaban J connectivity index is 1.91. The minimum Gasteiger partial charge on any atom is -0.474 e. The lowest BCUT2D eigenvalue weighted by Crippen LogP contribution is -2.20. The Morgan fingerprint density at radius 3 is 2.73 bits per heavy atom. The molecule has 0 bridgehead atoms. The van der Waals surface area contributed by atoms with Crippen molar-refractivity contribution < 1.29 is 4.74 Å². The molecular weight excluding hydrogens is 212 g/mol. The molecule has 1 unspecified atom stereocenters. The molecule has 0 radical (unpaired) electrons. The Hall–Kier alpha value is -1.06. The molecule has 80 valence electrons. The average Bonchev–Trinajstić information content (AvgIpc) is 2.69. The fraction of sp³-hybridized carbons (Fsp3) is 0.364.